The van der Waals surface area contributed by atoms with E-state index in [0.717, 1.165) is 11.3 Å². The molecule has 1 aliphatic heterocycles. The Balaban J connectivity index is 1.82. The number of carbonyl (C=O) groups excluding carboxylic acids is 3. The van der Waals surface area contributed by atoms with E-state index in [1.165, 1.54) is 11.7 Å². The first-order chi connectivity index (χ1) is 22.5. The zero-order valence-corrected chi connectivity index (χ0v) is 29.4. The summed E-state index contributed by atoms with van der Waals surface area (Å²) in [5.41, 5.74) is 1.26. The molecule has 250 valence electrons. The minimum absolute atomic E-state index is 0.117. The zero-order chi connectivity index (χ0) is 34.2. The van der Waals surface area contributed by atoms with E-state index in [9.17, 15) is 19.2 Å². The van der Waals surface area contributed by atoms with Gasteiger partial charge in [0, 0.05) is 0 Å². The normalized spacial score (nSPS) is 14.2. The molecule has 0 spiro atoms. The Morgan fingerprint density at radius 3 is 2.36 bits per heavy atom. The number of allylic oxidation sites excluding steroid dienone is 1. The monoisotopic (exact) mass is 750 g/mol. The summed E-state index contributed by atoms with van der Waals surface area (Å²) in [6, 6.07) is 7.30. The number of nitrogens with zero attached hydrogens (tertiary/aromatic N) is 2. The van der Waals surface area contributed by atoms with Crippen LogP contribution in [0.2, 0.25) is 5.02 Å². The molecule has 0 radical (unpaired) electrons. The molecule has 0 bridgehead atoms. The lowest BCUT2D eigenvalue weighted by Crippen LogP contribution is -2.40. The number of halogens is 2. The topological polar surface area (TPSA) is 141 Å². The van der Waals surface area contributed by atoms with Crippen LogP contribution in [0.5, 0.6) is 17.2 Å². The molecule has 0 aliphatic carbocycles. The quantitative estimate of drug-likeness (QED) is 0.185. The van der Waals surface area contributed by atoms with Gasteiger partial charge in [-0.05, 0) is 85.1 Å². The van der Waals surface area contributed by atoms with Gasteiger partial charge in [-0.15, -0.1) is 0 Å². The number of thiazole rings is 1. The van der Waals surface area contributed by atoms with Crippen molar-refractivity contribution in [2.75, 3.05) is 40.1 Å². The highest BCUT2D eigenvalue weighted by Gasteiger charge is 2.34. The number of fused-ring (bicyclic) bond motifs is 1. The molecular formula is C32H32BrClN2O10S. The fraction of sp³-hybridized carbons (Fsp3) is 0.344. The molecule has 1 atom stereocenters. The van der Waals surface area contributed by atoms with Crippen LogP contribution in [0.1, 0.15) is 44.9 Å². The van der Waals surface area contributed by atoms with Crippen molar-refractivity contribution in [3.8, 4) is 17.2 Å². The van der Waals surface area contributed by atoms with Gasteiger partial charge in [0.2, 0.25) is 0 Å². The molecule has 15 heteroatoms. The zero-order valence-electron chi connectivity index (χ0n) is 26.2. The highest BCUT2D eigenvalue weighted by molar-refractivity contribution is 9.10. The number of rotatable bonds is 13. The number of aromatic nitrogens is 1. The Morgan fingerprint density at radius 1 is 0.979 bits per heavy atom. The van der Waals surface area contributed by atoms with E-state index in [1.54, 1.807) is 64.1 Å². The maximum atomic E-state index is 14.1. The van der Waals surface area contributed by atoms with Crippen molar-refractivity contribution in [3.05, 3.63) is 81.9 Å². The van der Waals surface area contributed by atoms with E-state index >= 15 is 0 Å². The molecular weight excluding hydrogens is 720 g/mol. The van der Waals surface area contributed by atoms with E-state index in [2.05, 4.69) is 25.7 Å². The van der Waals surface area contributed by atoms with Gasteiger partial charge >= 0.3 is 17.9 Å². The lowest BCUT2D eigenvalue weighted by atomic mass is 9.95. The molecule has 4 rings (SSSR count). The smallest absolute Gasteiger partial charge is 0.344 e. The van der Waals surface area contributed by atoms with Crippen LogP contribution in [0, 0.1) is 0 Å². The largest absolute Gasteiger partial charge is 0.490 e. The molecule has 0 N–H and O–H groups in total. The second kappa shape index (κ2) is 16.1. The Kier molecular flexibility index (Phi) is 12.2. The van der Waals surface area contributed by atoms with Gasteiger partial charge in [-0.3, -0.25) is 9.36 Å². The van der Waals surface area contributed by atoms with Crippen LogP contribution in [0.15, 0.2) is 55.9 Å². The average Bonchev–Trinajstić information content (AvgIpc) is 3.33. The minimum Gasteiger partial charge on any atom is -0.490 e. The summed E-state index contributed by atoms with van der Waals surface area (Å²) in [6.45, 7) is 6.81. The number of benzene rings is 2. The Morgan fingerprint density at radius 2 is 1.70 bits per heavy atom. The van der Waals surface area contributed by atoms with Gasteiger partial charge in [0.15, 0.2) is 35.3 Å². The Bertz CT molecular complexity index is 1880. The number of carbonyl (C=O) groups is 3. The van der Waals surface area contributed by atoms with Crippen molar-refractivity contribution in [2.24, 2.45) is 4.99 Å². The average molecular weight is 752 g/mol. The summed E-state index contributed by atoms with van der Waals surface area (Å²) >= 11 is 11.0. The van der Waals surface area contributed by atoms with Crippen LogP contribution in [0.25, 0.3) is 6.08 Å². The van der Waals surface area contributed by atoms with Gasteiger partial charge in [0.05, 0.1) is 58.3 Å². The van der Waals surface area contributed by atoms with E-state index in [1.807, 2.05) is 0 Å². The lowest BCUT2D eigenvalue weighted by Gasteiger charge is -2.25. The van der Waals surface area contributed by atoms with Gasteiger partial charge < -0.3 is 28.4 Å². The first-order valence-corrected chi connectivity index (χ1v) is 16.4. The van der Waals surface area contributed by atoms with Crippen LogP contribution < -0.4 is 29.1 Å². The molecule has 0 amide bonds. The molecule has 47 heavy (non-hydrogen) atoms. The number of esters is 3. The van der Waals surface area contributed by atoms with Crippen molar-refractivity contribution in [3.63, 3.8) is 0 Å². The Hall–Kier alpha value is -4.14. The molecule has 0 fully saturated rings. The Labute approximate surface area is 287 Å². The summed E-state index contributed by atoms with van der Waals surface area (Å²) in [7, 11) is 1.26. The van der Waals surface area contributed by atoms with Gasteiger partial charge in [-0.25, -0.2) is 19.4 Å². The van der Waals surface area contributed by atoms with Crippen molar-refractivity contribution < 1.29 is 42.8 Å². The predicted octanol–water partition coefficient (Wildman–Crippen LogP) is 4.11. The standard InChI is InChI=1S/C32H32BrClN2O10S/c1-6-42-23-14-19(9-10-22(23)45-15-25(37)41-5)28-27(31(40)44-8-3)17(4)35-32-36(28)30(39)24(47-32)13-18-11-20(33)29(21(34)12-18)46-16-26(38)43-7-2/h9-14,28H,6-8,15-16H2,1-5H3/b24-13-/t28-/m0/s1. The molecule has 2 aromatic carbocycles. The summed E-state index contributed by atoms with van der Waals surface area (Å²) in [6.07, 6.45) is 1.64. The first kappa shape index (κ1) is 35.7. The van der Waals surface area contributed by atoms with Gasteiger partial charge in [-0.1, -0.05) is 29.0 Å². The van der Waals surface area contributed by atoms with Gasteiger partial charge in [0.25, 0.3) is 5.56 Å². The van der Waals surface area contributed by atoms with Crippen molar-refractivity contribution in [1.29, 1.82) is 0 Å². The highest BCUT2D eigenvalue weighted by atomic mass is 79.9. The van der Waals surface area contributed by atoms with E-state index in [4.69, 9.17) is 35.3 Å². The second-order valence-electron chi connectivity index (χ2n) is 9.71. The third kappa shape index (κ3) is 8.24. The predicted molar refractivity (Wildman–Crippen MR) is 177 cm³/mol. The molecule has 0 saturated heterocycles. The molecule has 12 nitrogen and oxygen atoms in total. The molecule has 0 unspecified atom stereocenters. The van der Waals surface area contributed by atoms with Crippen molar-refractivity contribution >= 4 is 62.9 Å². The van der Waals surface area contributed by atoms with Crippen LogP contribution >= 0.6 is 38.9 Å². The van der Waals surface area contributed by atoms with Crippen LogP contribution in [-0.2, 0) is 28.6 Å². The summed E-state index contributed by atoms with van der Waals surface area (Å²) < 4.78 is 34.1. The maximum Gasteiger partial charge on any atom is 0.344 e. The molecule has 1 aromatic heterocycles. The number of hydrogen-bond acceptors (Lipinski definition) is 12. The van der Waals surface area contributed by atoms with Crippen molar-refractivity contribution in [1.82, 2.24) is 4.57 Å². The maximum absolute atomic E-state index is 14.1. The summed E-state index contributed by atoms with van der Waals surface area (Å²) in [5, 5.41) is 0.207. The number of methoxy groups -OCH3 is 1. The lowest BCUT2D eigenvalue weighted by molar-refractivity contribution is -0.145. The SMILES string of the molecule is CCOC(=O)COc1c(Cl)cc(/C=c2\sc3n(c2=O)[C@@H](c2ccc(OCC(=O)OC)c(OCC)c2)C(C(=O)OCC)=C(C)N=3)cc1Br. The summed E-state index contributed by atoms with van der Waals surface area (Å²) in [5.74, 6) is -0.894. The van der Waals surface area contributed by atoms with E-state index in [-0.39, 0.29) is 55.1 Å². The van der Waals surface area contributed by atoms with Crippen LogP contribution in [0.3, 0.4) is 0 Å². The first-order valence-electron chi connectivity index (χ1n) is 14.5. The van der Waals surface area contributed by atoms with Crippen molar-refractivity contribution in [2.45, 2.75) is 33.7 Å². The van der Waals surface area contributed by atoms with Crippen LogP contribution in [0.4, 0.5) is 0 Å². The molecule has 2 heterocycles. The molecule has 0 saturated carbocycles. The number of ether oxygens (including phenoxy) is 6. The molecule has 3 aromatic rings. The highest BCUT2D eigenvalue weighted by Crippen LogP contribution is 2.37. The third-order valence-electron chi connectivity index (χ3n) is 6.63. The van der Waals surface area contributed by atoms with E-state index < -0.39 is 29.5 Å². The molecule has 1 aliphatic rings. The van der Waals surface area contributed by atoms with E-state index in [0.29, 0.717) is 36.4 Å². The fourth-order valence-corrected chi connectivity index (χ4v) is 6.71. The summed E-state index contributed by atoms with van der Waals surface area (Å²) in [4.78, 5) is 55.8. The van der Waals surface area contributed by atoms with Crippen LogP contribution in [-0.4, -0.2) is 62.6 Å². The minimum atomic E-state index is -0.921. The number of hydrogen-bond donors (Lipinski definition) is 0. The second-order valence-corrected chi connectivity index (χ2v) is 12.0. The third-order valence-corrected chi connectivity index (χ3v) is 8.48. The fourth-order valence-electron chi connectivity index (χ4n) is 4.67. The van der Waals surface area contributed by atoms with Gasteiger partial charge in [0.1, 0.15) is 0 Å². The van der Waals surface area contributed by atoms with Gasteiger partial charge in [-0.2, -0.15) is 0 Å².